The molecule has 5 aliphatic rings. The van der Waals surface area contributed by atoms with Gasteiger partial charge in [-0.05, 0) is 75.0 Å². The van der Waals surface area contributed by atoms with Gasteiger partial charge in [-0.3, -0.25) is 4.98 Å². The first-order valence-corrected chi connectivity index (χ1v) is 13.4. The van der Waals surface area contributed by atoms with Crippen molar-refractivity contribution in [3.05, 3.63) is 59.8 Å². The molecule has 37 heavy (non-hydrogen) atoms. The van der Waals surface area contributed by atoms with Crippen LogP contribution < -0.4 is 0 Å². The molecule has 3 aliphatic carbocycles. The highest BCUT2D eigenvalue weighted by molar-refractivity contribution is 5.93. The highest BCUT2D eigenvalue weighted by Crippen LogP contribution is 2.70. The van der Waals surface area contributed by atoms with Gasteiger partial charge in [-0.1, -0.05) is 37.3 Å². The summed E-state index contributed by atoms with van der Waals surface area (Å²) < 4.78 is 24.0. The topological polar surface area (TPSA) is 86.1 Å². The number of hydrogen-bond acceptors (Lipinski definition) is 6. The van der Waals surface area contributed by atoms with Crippen molar-refractivity contribution in [2.45, 2.75) is 80.3 Å². The Morgan fingerprint density at radius 1 is 1.08 bits per heavy atom. The molecule has 2 bridgehead atoms. The summed E-state index contributed by atoms with van der Waals surface area (Å²) >= 11 is 0. The number of pyridine rings is 1. The number of halogens is 1. The number of allylic oxidation sites excluding steroid dienone is 3. The van der Waals surface area contributed by atoms with Crippen molar-refractivity contribution in [2.75, 3.05) is 14.1 Å². The molecule has 2 aromatic rings. The van der Waals surface area contributed by atoms with Crippen molar-refractivity contribution in [2.24, 2.45) is 11.3 Å². The highest BCUT2D eigenvalue weighted by atomic mass is 19.1. The van der Waals surface area contributed by atoms with E-state index in [2.05, 4.69) is 30.1 Å². The molecule has 2 aliphatic heterocycles. The van der Waals surface area contributed by atoms with Crippen LogP contribution in [0.25, 0.3) is 16.5 Å². The molecule has 7 heteroatoms. The van der Waals surface area contributed by atoms with Gasteiger partial charge in [-0.25, -0.2) is 4.39 Å². The second kappa shape index (κ2) is 7.48. The van der Waals surface area contributed by atoms with Gasteiger partial charge in [0.05, 0.1) is 17.2 Å². The zero-order valence-corrected chi connectivity index (χ0v) is 21.6. The summed E-state index contributed by atoms with van der Waals surface area (Å²) in [5.41, 5.74) is -0.969. The Kier molecular flexibility index (Phi) is 4.84. The van der Waals surface area contributed by atoms with Crippen molar-refractivity contribution in [3.63, 3.8) is 0 Å². The Morgan fingerprint density at radius 2 is 1.89 bits per heavy atom. The lowest BCUT2D eigenvalue weighted by Crippen LogP contribution is -2.78. The van der Waals surface area contributed by atoms with Gasteiger partial charge in [0, 0.05) is 29.0 Å². The maximum atomic E-state index is 17.0. The molecule has 0 amide bonds. The Balaban J connectivity index is 1.35. The number of alkyl halides is 1. The minimum absolute atomic E-state index is 0.0299. The monoisotopic (exact) mass is 506 g/mol. The highest BCUT2D eigenvalue weighted by Gasteiger charge is 2.79. The number of aliphatic hydroxyl groups is 3. The second-order valence-electron chi connectivity index (χ2n) is 12.4. The number of hydrogen-bond donors (Lipinski definition) is 3. The fraction of sp³-hybridized carbons (Fsp3) is 0.567. The van der Waals surface area contributed by atoms with Crippen LogP contribution in [-0.2, 0) is 4.74 Å². The van der Waals surface area contributed by atoms with E-state index in [1.807, 2.05) is 49.5 Å². The van der Waals surface area contributed by atoms with Crippen LogP contribution in [0.4, 0.5) is 4.39 Å². The molecule has 196 valence electrons. The summed E-state index contributed by atoms with van der Waals surface area (Å²) in [6.45, 7) is 2.27. The van der Waals surface area contributed by atoms with E-state index >= 15 is 4.39 Å². The van der Waals surface area contributed by atoms with Crippen LogP contribution in [0.3, 0.4) is 0 Å². The second-order valence-corrected chi connectivity index (χ2v) is 12.4. The van der Waals surface area contributed by atoms with E-state index in [0.29, 0.717) is 24.8 Å². The Bertz CT molecular complexity index is 1350. The minimum atomic E-state index is -2.46. The molecular weight excluding hydrogens is 471 g/mol. The van der Waals surface area contributed by atoms with Gasteiger partial charge in [0.25, 0.3) is 0 Å². The number of ether oxygens (including phenoxy) is 1. The van der Waals surface area contributed by atoms with Crippen molar-refractivity contribution in [3.8, 4) is 0 Å². The largest absolute Gasteiger partial charge is 0.389 e. The molecule has 1 aromatic carbocycles. The van der Waals surface area contributed by atoms with Crippen LogP contribution in [0.1, 0.15) is 44.6 Å². The summed E-state index contributed by atoms with van der Waals surface area (Å²) in [4.78, 5) is 6.37. The molecule has 2 saturated heterocycles. The average Bonchev–Trinajstić information content (AvgIpc) is 3.42. The first kappa shape index (κ1) is 23.9. The Hall–Kier alpha value is -2.16. The third-order valence-corrected chi connectivity index (χ3v) is 10.7. The third-order valence-electron chi connectivity index (χ3n) is 10.7. The number of fused-ring (bicyclic) bond motifs is 2. The van der Waals surface area contributed by atoms with Crippen LogP contribution >= 0.6 is 0 Å². The van der Waals surface area contributed by atoms with E-state index in [1.165, 1.54) is 5.57 Å². The van der Waals surface area contributed by atoms with Crippen molar-refractivity contribution in [1.29, 1.82) is 0 Å². The first-order valence-electron chi connectivity index (χ1n) is 13.4. The first-order chi connectivity index (χ1) is 17.6. The molecule has 0 radical (unpaired) electrons. The summed E-state index contributed by atoms with van der Waals surface area (Å²) in [7, 11) is 3.64. The summed E-state index contributed by atoms with van der Waals surface area (Å²) in [5.74, 6) is 0.0299. The van der Waals surface area contributed by atoms with E-state index in [-0.39, 0.29) is 17.8 Å². The molecule has 2 spiro atoms. The van der Waals surface area contributed by atoms with E-state index in [4.69, 9.17) is 4.74 Å². The molecule has 3 heterocycles. The zero-order valence-electron chi connectivity index (χ0n) is 21.6. The van der Waals surface area contributed by atoms with E-state index < -0.39 is 41.2 Å². The van der Waals surface area contributed by atoms with E-state index in [0.717, 1.165) is 22.9 Å². The number of benzene rings is 1. The smallest absolute Gasteiger partial charge is 0.197 e. The van der Waals surface area contributed by atoms with E-state index in [9.17, 15) is 15.3 Å². The predicted octanol–water partition coefficient (Wildman–Crippen LogP) is 3.40. The zero-order chi connectivity index (χ0) is 26.0. The molecule has 9 unspecified atom stereocenters. The maximum Gasteiger partial charge on any atom is 0.197 e. The Labute approximate surface area is 216 Å². The quantitative estimate of drug-likeness (QED) is 0.542. The van der Waals surface area contributed by atoms with Gasteiger partial charge in [0.15, 0.2) is 5.67 Å². The minimum Gasteiger partial charge on any atom is -0.389 e. The van der Waals surface area contributed by atoms with Crippen LogP contribution in [0.15, 0.2) is 54.3 Å². The lowest BCUT2D eigenvalue weighted by atomic mass is 9.55. The standard InChI is InChI=1S/C30H35FN2O4/c1-27-12-11-20-25(35)30(31)26(36)24(34)22(33(2)3)16-28(30)13-14-29(20,37-28)23(27)10-9-19(27)17-6-4-8-21-18(17)7-5-15-32-21/h4-9,11,15,22-26,34-36H,10,12-14,16H2,1-3H3. The number of rotatable bonds is 2. The molecule has 6 nitrogen and oxygen atoms in total. The number of nitrogens with zero attached hydrogens (tertiary/aromatic N) is 2. The van der Waals surface area contributed by atoms with Gasteiger partial charge in [-0.15, -0.1) is 0 Å². The van der Waals surface area contributed by atoms with Crippen LogP contribution in [0.2, 0.25) is 0 Å². The van der Waals surface area contributed by atoms with Crippen LogP contribution in [-0.4, -0.2) is 80.5 Å². The van der Waals surface area contributed by atoms with Gasteiger partial charge in [-0.2, -0.15) is 0 Å². The van der Waals surface area contributed by atoms with Crippen LogP contribution in [0.5, 0.6) is 0 Å². The SMILES string of the molecule is CN(C)C1CC23CCC4(O2)C(=CCC2(C)C(c5cccc6ncccc56)=CCC24)C(O)C3(F)C(O)C1O. The molecule has 1 saturated carbocycles. The number of aliphatic hydroxyl groups excluding tert-OH is 3. The van der Waals surface area contributed by atoms with Crippen molar-refractivity contribution in [1.82, 2.24) is 9.88 Å². The molecule has 3 N–H and O–H groups in total. The molecule has 3 fully saturated rings. The lowest BCUT2D eigenvalue weighted by Gasteiger charge is -2.62. The van der Waals surface area contributed by atoms with Gasteiger partial charge in [0.2, 0.25) is 0 Å². The van der Waals surface area contributed by atoms with Gasteiger partial charge in [0.1, 0.15) is 17.8 Å². The predicted molar refractivity (Wildman–Crippen MR) is 138 cm³/mol. The molecule has 9 atom stereocenters. The fourth-order valence-corrected chi connectivity index (χ4v) is 8.84. The maximum absolute atomic E-state index is 17.0. The lowest BCUT2D eigenvalue weighted by molar-refractivity contribution is -0.308. The molecule has 1 aromatic heterocycles. The number of likely N-dealkylation sites (N-methyl/N-ethyl adjacent to an activating group) is 1. The average molecular weight is 507 g/mol. The van der Waals surface area contributed by atoms with E-state index in [1.54, 1.807) is 0 Å². The molecular formula is C30H35FN2O4. The molecule has 7 rings (SSSR count). The van der Waals surface area contributed by atoms with Gasteiger partial charge >= 0.3 is 0 Å². The number of aromatic nitrogens is 1. The summed E-state index contributed by atoms with van der Waals surface area (Å²) in [5, 5.41) is 34.7. The Morgan fingerprint density at radius 3 is 2.68 bits per heavy atom. The third kappa shape index (κ3) is 2.69. The summed E-state index contributed by atoms with van der Waals surface area (Å²) in [6.07, 6.45) is 4.12. The van der Waals surface area contributed by atoms with Gasteiger partial charge < -0.3 is 25.0 Å². The van der Waals surface area contributed by atoms with Crippen LogP contribution in [0, 0.1) is 11.3 Å². The fourth-order valence-electron chi connectivity index (χ4n) is 8.84. The van der Waals surface area contributed by atoms with Crippen molar-refractivity contribution >= 4 is 16.5 Å². The summed E-state index contributed by atoms with van der Waals surface area (Å²) in [6, 6.07) is 9.82. The van der Waals surface area contributed by atoms with Crippen molar-refractivity contribution < 1.29 is 24.4 Å². The normalized spacial score (nSPS) is 46.3.